The zero-order valence-corrected chi connectivity index (χ0v) is 8.40. The average Bonchev–Trinajstić information content (AvgIpc) is 2.33. The molecule has 0 aromatic heterocycles. The lowest BCUT2D eigenvalue weighted by molar-refractivity contribution is 0.337. The van der Waals surface area contributed by atoms with Crippen LogP contribution in [0.4, 0.5) is 0 Å². The minimum Gasteiger partial charge on any atom is -0.410 e. The van der Waals surface area contributed by atoms with Crippen molar-refractivity contribution in [2.75, 3.05) is 0 Å². The zero-order valence-electron chi connectivity index (χ0n) is 7.40. The minimum absolute atomic E-state index is 0.0208. The van der Waals surface area contributed by atoms with Gasteiger partial charge in [0.1, 0.15) is 0 Å². The van der Waals surface area contributed by atoms with E-state index in [1.54, 1.807) is 0 Å². The first-order valence-electron chi connectivity index (χ1n) is 4.43. The van der Waals surface area contributed by atoms with Gasteiger partial charge in [0.05, 0.1) is 0 Å². The highest BCUT2D eigenvalue weighted by atomic mass is 28.4. The molecule has 1 aliphatic rings. The highest BCUT2D eigenvalue weighted by Crippen LogP contribution is 2.36. The average molecular weight is 190 g/mol. The van der Waals surface area contributed by atoms with E-state index in [1.807, 2.05) is 6.92 Å². The van der Waals surface area contributed by atoms with Gasteiger partial charge in [-0.3, -0.25) is 0 Å². The largest absolute Gasteiger partial charge is 0.410 e. The number of rotatable bonds is 2. The molecule has 0 bridgehead atoms. The molecule has 4 nitrogen and oxygen atoms in total. The summed E-state index contributed by atoms with van der Waals surface area (Å²) in [5, 5.41) is 0. The standard InChI is InChI=1S/C7H18N2O2Si/c1-2-12(10,11)5-3-6(8)7(9)4-5/h5-7,10-11H,2-4,8-9H2,1H3. The molecule has 12 heavy (non-hydrogen) atoms. The lowest BCUT2D eigenvalue weighted by Crippen LogP contribution is -2.39. The van der Waals surface area contributed by atoms with E-state index in [2.05, 4.69) is 0 Å². The predicted octanol–water partition coefficient (Wildman–Crippen LogP) is -0.748. The first-order chi connectivity index (χ1) is 5.47. The van der Waals surface area contributed by atoms with E-state index in [0.717, 1.165) is 0 Å². The van der Waals surface area contributed by atoms with Crippen molar-refractivity contribution < 1.29 is 9.59 Å². The van der Waals surface area contributed by atoms with Crippen LogP contribution in [0.25, 0.3) is 0 Å². The van der Waals surface area contributed by atoms with Gasteiger partial charge in [-0.05, 0) is 18.9 Å². The van der Waals surface area contributed by atoms with Gasteiger partial charge in [-0.15, -0.1) is 0 Å². The smallest absolute Gasteiger partial charge is 0.335 e. The molecule has 1 fully saturated rings. The van der Waals surface area contributed by atoms with Crippen LogP contribution >= 0.6 is 0 Å². The van der Waals surface area contributed by atoms with Gasteiger partial charge >= 0.3 is 8.56 Å². The topological polar surface area (TPSA) is 92.5 Å². The third-order valence-corrected chi connectivity index (χ3v) is 5.66. The van der Waals surface area contributed by atoms with Crippen molar-refractivity contribution in [1.82, 2.24) is 0 Å². The van der Waals surface area contributed by atoms with Crippen molar-refractivity contribution in [3.05, 3.63) is 0 Å². The molecular weight excluding hydrogens is 172 g/mol. The van der Waals surface area contributed by atoms with Crippen molar-refractivity contribution in [2.24, 2.45) is 11.5 Å². The molecule has 0 amide bonds. The summed E-state index contributed by atoms with van der Waals surface area (Å²) in [6.45, 7) is 1.81. The SMILES string of the molecule is CC[Si](O)(O)C1CC(N)C(N)C1. The van der Waals surface area contributed by atoms with Gasteiger partial charge in [0.2, 0.25) is 0 Å². The molecule has 0 aromatic rings. The Morgan fingerprint density at radius 3 is 2.00 bits per heavy atom. The highest BCUT2D eigenvalue weighted by molar-refractivity contribution is 6.66. The molecule has 0 aromatic carbocycles. The number of hydrogen-bond donors (Lipinski definition) is 4. The molecular formula is C7H18N2O2Si. The van der Waals surface area contributed by atoms with E-state index in [4.69, 9.17) is 11.5 Å². The van der Waals surface area contributed by atoms with E-state index >= 15 is 0 Å². The molecule has 0 saturated heterocycles. The first-order valence-corrected chi connectivity index (χ1v) is 6.61. The predicted molar refractivity (Wildman–Crippen MR) is 49.6 cm³/mol. The maximum Gasteiger partial charge on any atom is 0.335 e. The molecule has 2 unspecified atom stereocenters. The molecule has 0 aliphatic heterocycles. The van der Waals surface area contributed by atoms with Gasteiger partial charge in [-0.2, -0.15) is 0 Å². The molecule has 1 rings (SSSR count). The van der Waals surface area contributed by atoms with Gasteiger partial charge < -0.3 is 21.1 Å². The van der Waals surface area contributed by atoms with Gasteiger partial charge in [-0.25, -0.2) is 0 Å². The van der Waals surface area contributed by atoms with Crippen molar-refractivity contribution in [2.45, 2.75) is 43.4 Å². The summed E-state index contributed by atoms with van der Waals surface area (Å²) >= 11 is 0. The molecule has 0 spiro atoms. The summed E-state index contributed by atoms with van der Waals surface area (Å²) in [6, 6.07) is 0.373. The molecule has 1 aliphatic carbocycles. The lowest BCUT2D eigenvalue weighted by atomic mass is 10.2. The van der Waals surface area contributed by atoms with Gasteiger partial charge in [0.25, 0.3) is 0 Å². The fraction of sp³-hybridized carbons (Fsp3) is 1.00. The number of nitrogens with two attached hydrogens (primary N) is 2. The summed E-state index contributed by atoms with van der Waals surface area (Å²) in [5.74, 6) is 0. The van der Waals surface area contributed by atoms with Crippen molar-refractivity contribution in [3.8, 4) is 0 Å². The Balaban J connectivity index is 2.56. The Labute approximate surface area is 73.8 Å². The summed E-state index contributed by atoms with van der Waals surface area (Å²) < 4.78 is 0. The van der Waals surface area contributed by atoms with Crippen molar-refractivity contribution in [1.29, 1.82) is 0 Å². The van der Waals surface area contributed by atoms with Crippen LogP contribution < -0.4 is 11.5 Å². The minimum atomic E-state index is -2.99. The Kier molecular flexibility index (Phi) is 2.90. The van der Waals surface area contributed by atoms with E-state index in [9.17, 15) is 9.59 Å². The Bertz CT molecular complexity index is 155. The van der Waals surface area contributed by atoms with Crippen molar-refractivity contribution >= 4 is 8.56 Å². The Morgan fingerprint density at radius 2 is 1.67 bits per heavy atom. The van der Waals surface area contributed by atoms with E-state index < -0.39 is 8.56 Å². The fourth-order valence-electron chi connectivity index (χ4n) is 1.77. The zero-order chi connectivity index (χ0) is 9.35. The molecule has 0 heterocycles. The highest BCUT2D eigenvalue weighted by Gasteiger charge is 2.44. The second kappa shape index (κ2) is 3.43. The third kappa shape index (κ3) is 1.86. The first kappa shape index (κ1) is 10.1. The second-order valence-electron chi connectivity index (χ2n) is 3.73. The molecule has 5 heteroatoms. The van der Waals surface area contributed by atoms with Gasteiger partial charge in [0, 0.05) is 17.6 Å². The van der Waals surface area contributed by atoms with E-state index in [0.29, 0.717) is 18.9 Å². The fourth-order valence-corrected chi connectivity index (χ4v) is 3.65. The lowest BCUT2D eigenvalue weighted by Gasteiger charge is -2.22. The molecule has 72 valence electrons. The molecule has 2 atom stereocenters. The number of hydrogen-bond acceptors (Lipinski definition) is 4. The van der Waals surface area contributed by atoms with E-state index in [-0.39, 0.29) is 17.6 Å². The van der Waals surface area contributed by atoms with Crippen LogP contribution in [0.1, 0.15) is 19.8 Å². The van der Waals surface area contributed by atoms with Crippen LogP contribution in [0.2, 0.25) is 11.6 Å². The molecule has 1 saturated carbocycles. The van der Waals surface area contributed by atoms with Crippen LogP contribution in [-0.2, 0) is 0 Å². The maximum absolute atomic E-state index is 9.64. The van der Waals surface area contributed by atoms with E-state index in [1.165, 1.54) is 0 Å². The summed E-state index contributed by atoms with van der Waals surface area (Å²) in [7, 11) is -2.99. The van der Waals surface area contributed by atoms with Gasteiger partial charge in [0.15, 0.2) is 0 Å². The molecule has 6 N–H and O–H groups in total. The van der Waals surface area contributed by atoms with Crippen LogP contribution in [0.15, 0.2) is 0 Å². The Hall–Kier alpha value is 0.0569. The summed E-state index contributed by atoms with van der Waals surface area (Å²) in [6.07, 6.45) is 1.35. The second-order valence-corrected chi connectivity index (χ2v) is 7.01. The third-order valence-electron chi connectivity index (χ3n) is 2.84. The molecule has 0 radical (unpaired) electrons. The monoisotopic (exact) mass is 190 g/mol. The van der Waals surface area contributed by atoms with Gasteiger partial charge in [-0.1, -0.05) is 6.92 Å². The van der Waals surface area contributed by atoms with Crippen LogP contribution in [-0.4, -0.2) is 30.2 Å². The normalized spacial score (nSPS) is 37.2. The van der Waals surface area contributed by atoms with Crippen LogP contribution in [0, 0.1) is 0 Å². The van der Waals surface area contributed by atoms with Crippen LogP contribution in [0.3, 0.4) is 0 Å². The van der Waals surface area contributed by atoms with Crippen molar-refractivity contribution in [3.63, 3.8) is 0 Å². The summed E-state index contributed by atoms with van der Waals surface area (Å²) in [5.41, 5.74) is 11.4. The maximum atomic E-state index is 9.64. The summed E-state index contributed by atoms with van der Waals surface area (Å²) in [4.78, 5) is 19.3. The quantitative estimate of drug-likeness (QED) is 0.431. The Morgan fingerprint density at radius 1 is 1.25 bits per heavy atom. The van der Waals surface area contributed by atoms with Crippen LogP contribution in [0.5, 0.6) is 0 Å².